The first-order valence-electron chi connectivity index (χ1n) is 11.2. The van der Waals surface area contributed by atoms with Crippen molar-refractivity contribution in [2.24, 2.45) is 17.8 Å². The number of nitrogens with zero attached hydrogens (tertiary/aromatic N) is 3. The van der Waals surface area contributed by atoms with Gasteiger partial charge in [-0.15, -0.1) is 10.2 Å². The van der Waals surface area contributed by atoms with Crippen LogP contribution < -0.4 is 5.32 Å². The van der Waals surface area contributed by atoms with Crippen LogP contribution in [0.5, 0.6) is 0 Å². The highest BCUT2D eigenvalue weighted by molar-refractivity contribution is 8.00. The van der Waals surface area contributed by atoms with E-state index < -0.39 is 5.54 Å². The molecule has 0 saturated heterocycles. The molecule has 1 amide bonds. The highest BCUT2D eigenvalue weighted by atomic mass is 32.2. The molecule has 1 aromatic rings. The fraction of sp³-hybridized carbons (Fsp3) is 0.818. The van der Waals surface area contributed by atoms with Crippen LogP contribution in [0.1, 0.15) is 83.4 Å². The minimum Gasteiger partial charge on any atom is -0.415 e. The number of hydrogen-bond acceptors (Lipinski definition) is 6. The third-order valence-electron chi connectivity index (χ3n) is 7.83. The van der Waals surface area contributed by atoms with Crippen molar-refractivity contribution in [3.63, 3.8) is 0 Å². The predicted octanol–water partition coefficient (Wildman–Crippen LogP) is 4.36. The van der Waals surface area contributed by atoms with E-state index in [1.54, 1.807) is 0 Å². The summed E-state index contributed by atoms with van der Waals surface area (Å²) in [6.45, 7) is 1.85. The molecule has 1 heterocycles. The first-order chi connectivity index (χ1) is 14.0. The van der Waals surface area contributed by atoms with Gasteiger partial charge in [0.2, 0.25) is 11.8 Å². The SMILES string of the molecule is C[C@H](Sc1nnc(C23CC4CC(CC(C4)C2)C3)o1)C(=O)NC1(C#N)CCCCC1. The highest BCUT2D eigenvalue weighted by Gasteiger charge is 2.54. The van der Waals surface area contributed by atoms with Crippen molar-refractivity contribution in [3.05, 3.63) is 5.89 Å². The Morgan fingerprint density at radius 3 is 2.34 bits per heavy atom. The van der Waals surface area contributed by atoms with Gasteiger partial charge in [0.1, 0.15) is 5.54 Å². The van der Waals surface area contributed by atoms with E-state index >= 15 is 0 Å². The van der Waals surface area contributed by atoms with Crippen LogP contribution in [0.15, 0.2) is 9.64 Å². The van der Waals surface area contributed by atoms with E-state index in [1.165, 1.54) is 50.3 Å². The van der Waals surface area contributed by atoms with Gasteiger partial charge in [0.05, 0.1) is 11.3 Å². The Hall–Kier alpha value is -1.55. The molecule has 1 N–H and O–H groups in total. The van der Waals surface area contributed by atoms with E-state index in [1.807, 2.05) is 6.92 Å². The third kappa shape index (κ3) is 3.58. The van der Waals surface area contributed by atoms with Crippen molar-refractivity contribution in [2.45, 2.75) is 99.0 Å². The minimum atomic E-state index is -0.705. The fourth-order valence-corrected chi connectivity index (χ4v) is 7.49. The van der Waals surface area contributed by atoms with Gasteiger partial charge in [0, 0.05) is 5.41 Å². The van der Waals surface area contributed by atoms with Crippen LogP contribution in [0.4, 0.5) is 0 Å². The number of thioether (sulfide) groups is 1. The second kappa shape index (κ2) is 7.30. The number of aromatic nitrogens is 2. The maximum absolute atomic E-state index is 12.7. The first kappa shape index (κ1) is 19.4. The Morgan fingerprint density at radius 2 is 1.76 bits per heavy atom. The number of carbonyl (C=O) groups is 1. The molecule has 156 valence electrons. The van der Waals surface area contributed by atoms with Crippen molar-refractivity contribution >= 4 is 17.7 Å². The highest BCUT2D eigenvalue weighted by Crippen LogP contribution is 2.60. The standard InChI is InChI=1S/C22H30N4O2S/c1-14(18(27)24-22(13-23)5-3-2-4-6-22)29-20-26-25-19(28-20)21-10-15-7-16(11-21)9-17(8-15)12-21/h14-17H,2-12H2,1H3,(H,24,27)/t14-,15?,16?,17?,21?/m0/s1. The van der Waals surface area contributed by atoms with Crippen LogP contribution in [-0.2, 0) is 10.2 Å². The number of hydrogen-bond donors (Lipinski definition) is 1. The number of amides is 1. The molecule has 0 unspecified atom stereocenters. The summed E-state index contributed by atoms with van der Waals surface area (Å²) >= 11 is 1.31. The van der Waals surface area contributed by atoms with Gasteiger partial charge in [-0.05, 0) is 76.0 Å². The van der Waals surface area contributed by atoms with Gasteiger partial charge in [0.25, 0.3) is 5.22 Å². The molecule has 0 aromatic carbocycles. The summed E-state index contributed by atoms with van der Waals surface area (Å²) < 4.78 is 6.13. The molecule has 0 spiro atoms. The maximum atomic E-state index is 12.7. The molecule has 1 aromatic heterocycles. The summed E-state index contributed by atoms with van der Waals surface area (Å²) in [5, 5.41) is 21.4. The van der Waals surface area contributed by atoms with Gasteiger partial charge in [-0.1, -0.05) is 31.0 Å². The molecule has 1 atom stereocenters. The van der Waals surface area contributed by atoms with Crippen molar-refractivity contribution < 1.29 is 9.21 Å². The number of carbonyl (C=O) groups excluding carboxylic acids is 1. The van der Waals surface area contributed by atoms with E-state index in [-0.39, 0.29) is 16.6 Å². The quantitative estimate of drug-likeness (QED) is 0.720. The molecule has 5 fully saturated rings. The zero-order valence-electron chi connectivity index (χ0n) is 17.2. The molecule has 0 radical (unpaired) electrons. The topological polar surface area (TPSA) is 91.8 Å². The molecule has 6 rings (SSSR count). The number of nitrogens with one attached hydrogen (secondary N) is 1. The van der Waals surface area contributed by atoms with Crippen molar-refractivity contribution in [3.8, 4) is 6.07 Å². The monoisotopic (exact) mass is 414 g/mol. The summed E-state index contributed by atoms with van der Waals surface area (Å²) in [6, 6.07) is 2.35. The molecular formula is C22H30N4O2S. The van der Waals surface area contributed by atoms with Gasteiger partial charge in [-0.2, -0.15) is 5.26 Å². The van der Waals surface area contributed by atoms with Gasteiger partial charge < -0.3 is 9.73 Å². The Kier molecular flexibility index (Phi) is 4.89. The van der Waals surface area contributed by atoms with Crippen LogP contribution in [-0.4, -0.2) is 26.9 Å². The lowest BCUT2D eigenvalue weighted by atomic mass is 9.49. The molecule has 0 aliphatic heterocycles. The zero-order chi connectivity index (χ0) is 20.1. The molecule has 5 aliphatic rings. The minimum absolute atomic E-state index is 0.0824. The maximum Gasteiger partial charge on any atom is 0.277 e. The van der Waals surface area contributed by atoms with Crippen molar-refractivity contribution in [1.82, 2.24) is 15.5 Å². The van der Waals surface area contributed by atoms with Gasteiger partial charge in [-0.3, -0.25) is 4.79 Å². The van der Waals surface area contributed by atoms with E-state index in [4.69, 9.17) is 4.42 Å². The van der Waals surface area contributed by atoms with E-state index in [0.29, 0.717) is 5.22 Å². The molecule has 4 bridgehead atoms. The number of nitriles is 1. The van der Waals surface area contributed by atoms with Gasteiger partial charge in [-0.25, -0.2) is 0 Å². The Balaban J connectivity index is 1.24. The molecule has 6 nitrogen and oxygen atoms in total. The normalized spacial score (nSPS) is 35.8. The Labute approximate surface area is 176 Å². The van der Waals surface area contributed by atoms with Gasteiger partial charge >= 0.3 is 0 Å². The van der Waals surface area contributed by atoms with Crippen molar-refractivity contribution in [1.29, 1.82) is 5.26 Å². The Bertz CT molecular complexity index is 788. The van der Waals surface area contributed by atoms with Crippen LogP contribution in [0.25, 0.3) is 0 Å². The first-order valence-corrected chi connectivity index (χ1v) is 12.1. The average molecular weight is 415 g/mol. The molecular weight excluding hydrogens is 384 g/mol. The largest absolute Gasteiger partial charge is 0.415 e. The second-order valence-corrected chi connectivity index (χ2v) is 11.4. The third-order valence-corrected chi connectivity index (χ3v) is 8.76. The summed E-state index contributed by atoms with van der Waals surface area (Å²) in [4.78, 5) is 12.7. The van der Waals surface area contributed by atoms with E-state index in [0.717, 1.165) is 55.7 Å². The van der Waals surface area contributed by atoms with Crippen LogP contribution in [0.3, 0.4) is 0 Å². The fourth-order valence-electron chi connectivity index (χ4n) is 6.81. The average Bonchev–Trinajstić information content (AvgIpc) is 3.17. The van der Waals surface area contributed by atoms with Crippen LogP contribution >= 0.6 is 11.8 Å². The van der Waals surface area contributed by atoms with Crippen LogP contribution in [0, 0.1) is 29.1 Å². The predicted molar refractivity (Wildman–Crippen MR) is 109 cm³/mol. The summed E-state index contributed by atoms with van der Waals surface area (Å²) in [5.74, 6) is 3.16. The number of rotatable bonds is 5. The van der Waals surface area contributed by atoms with Crippen LogP contribution in [0.2, 0.25) is 0 Å². The van der Waals surface area contributed by atoms with Gasteiger partial charge in [0.15, 0.2) is 0 Å². The lowest BCUT2D eigenvalue weighted by Crippen LogP contribution is -2.50. The van der Waals surface area contributed by atoms with E-state index in [2.05, 4.69) is 21.6 Å². The molecule has 7 heteroatoms. The lowest BCUT2D eigenvalue weighted by Gasteiger charge is -2.55. The zero-order valence-corrected chi connectivity index (χ0v) is 18.0. The molecule has 5 saturated carbocycles. The second-order valence-electron chi connectivity index (χ2n) is 10.1. The van der Waals surface area contributed by atoms with E-state index in [9.17, 15) is 10.1 Å². The molecule has 29 heavy (non-hydrogen) atoms. The smallest absolute Gasteiger partial charge is 0.277 e. The Morgan fingerprint density at radius 1 is 1.14 bits per heavy atom. The summed E-state index contributed by atoms with van der Waals surface area (Å²) in [5.41, 5.74) is -0.623. The summed E-state index contributed by atoms with van der Waals surface area (Å²) in [6.07, 6.45) is 12.3. The molecule has 5 aliphatic carbocycles. The lowest BCUT2D eigenvalue weighted by molar-refractivity contribution is -0.122. The summed E-state index contributed by atoms with van der Waals surface area (Å²) in [7, 11) is 0. The van der Waals surface area contributed by atoms with Crippen molar-refractivity contribution in [2.75, 3.05) is 0 Å².